The maximum atomic E-state index is 10.6. The second-order valence-electron chi connectivity index (χ2n) is 4.11. The molecule has 68 valence electrons. The molecule has 0 N–H and O–H groups in total. The molecule has 0 amide bonds. The van der Waals surface area contributed by atoms with Gasteiger partial charge in [-0.1, -0.05) is 6.42 Å². The largest absolute Gasteiger partial charge is 0.303 e. The molecule has 1 saturated heterocycles. The third-order valence-corrected chi connectivity index (χ3v) is 3.29. The topological polar surface area (TPSA) is 20.3 Å². The van der Waals surface area contributed by atoms with Gasteiger partial charge in [-0.2, -0.15) is 0 Å². The lowest BCUT2D eigenvalue weighted by Gasteiger charge is -2.41. The average Bonchev–Trinajstić information content (AvgIpc) is 2.02. The van der Waals surface area contributed by atoms with E-state index in [1.165, 1.54) is 32.4 Å². The van der Waals surface area contributed by atoms with Crippen LogP contribution >= 0.6 is 0 Å². The number of nitrogens with zero attached hydrogens (tertiary/aromatic N) is 1. The Morgan fingerprint density at radius 2 is 2.00 bits per heavy atom. The zero-order valence-corrected chi connectivity index (χ0v) is 7.54. The smallest absolute Gasteiger partial charge is 0.123 e. The van der Waals surface area contributed by atoms with Crippen molar-refractivity contribution in [3.05, 3.63) is 0 Å². The minimum Gasteiger partial charge on any atom is -0.303 e. The van der Waals surface area contributed by atoms with Gasteiger partial charge in [0.2, 0.25) is 0 Å². The molecule has 2 aliphatic rings. The summed E-state index contributed by atoms with van der Waals surface area (Å²) in [7, 11) is 0. The van der Waals surface area contributed by atoms with Crippen LogP contribution in [0.15, 0.2) is 0 Å². The van der Waals surface area contributed by atoms with Crippen molar-refractivity contribution in [1.82, 2.24) is 4.90 Å². The van der Waals surface area contributed by atoms with E-state index >= 15 is 0 Å². The van der Waals surface area contributed by atoms with E-state index in [1.807, 2.05) is 0 Å². The number of carbonyl (C=O) groups excluding carboxylic acids is 1. The molecule has 1 heterocycles. The van der Waals surface area contributed by atoms with Crippen LogP contribution in [-0.2, 0) is 4.79 Å². The second kappa shape index (κ2) is 3.56. The molecule has 1 saturated carbocycles. The highest BCUT2D eigenvalue weighted by Gasteiger charge is 2.29. The Morgan fingerprint density at radius 3 is 2.58 bits per heavy atom. The van der Waals surface area contributed by atoms with Gasteiger partial charge in [0.25, 0.3) is 0 Å². The standard InChI is InChI=1S/C10H17NO/c12-8-9-3-1-4-10(7-9)11-5-2-6-11/h8-10H,1-7H2/t9-,10+/m0/s1. The molecule has 2 heteroatoms. The molecule has 2 atom stereocenters. The van der Waals surface area contributed by atoms with Gasteiger partial charge in [0.1, 0.15) is 6.29 Å². The molecule has 0 aromatic carbocycles. The van der Waals surface area contributed by atoms with Crippen LogP contribution in [0, 0.1) is 5.92 Å². The van der Waals surface area contributed by atoms with Crippen molar-refractivity contribution in [2.24, 2.45) is 5.92 Å². The van der Waals surface area contributed by atoms with E-state index in [0.717, 1.165) is 25.2 Å². The molecule has 0 radical (unpaired) electrons. The molecule has 0 aromatic rings. The van der Waals surface area contributed by atoms with Crippen molar-refractivity contribution in [3.8, 4) is 0 Å². The first-order valence-electron chi connectivity index (χ1n) is 5.09. The lowest BCUT2D eigenvalue weighted by atomic mass is 9.85. The summed E-state index contributed by atoms with van der Waals surface area (Å²) in [6.45, 7) is 2.55. The maximum Gasteiger partial charge on any atom is 0.123 e. The van der Waals surface area contributed by atoms with Gasteiger partial charge < -0.3 is 9.69 Å². The van der Waals surface area contributed by atoms with Crippen LogP contribution in [0.2, 0.25) is 0 Å². The van der Waals surface area contributed by atoms with Gasteiger partial charge >= 0.3 is 0 Å². The number of likely N-dealkylation sites (tertiary alicyclic amines) is 1. The molecule has 2 nitrogen and oxygen atoms in total. The Balaban J connectivity index is 1.84. The van der Waals surface area contributed by atoms with E-state index in [4.69, 9.17) is 0 Å². The van der Waals surface area contributed by atoms with Crippen LogP contribution in [-0.4, -0.2) is 30.3 Å². The SMILES string of the molecule is O=C[C@H]1CCC[C@@H](N2CCC2)C1. The first-order valence-corrected chi connectivity index (χ1v) is 5.09. The Bertz CT molecular complexity index is 165. The normalized spacial score (nSPS) is 37.3. The Morgan fingerprint density at radius 1 is 1.17 bits per heavy atom. The van der Waals surface area contributed by atoms with Crippen LogP contribution < -0.4 is 0 Å². The molecule has 0 unspecified atom stereocenters. The van der Waals surface area contributed by atoms with Crippen molar-refractivity contribution in [1.29, 1.82) is 0 Å². The molecule has 0 aromatic heterocycles. The first kappa shape index (κ1) is 8.24. The number of hydrogen-bond acceptors (Lipinski definition) is 2. The highest BCUT2D eigenvalue weighted by Crippen LogP contribution is 2.28. The van der Waals surface area contributed by atoms with Gasteiger partial charge in [-0.05, 0) is 38.8 Å². The molecule has 1 aliphatic heterocycles. The van der Waals surface area contributed by atoms with E-state index in [2.05, 4.69) is 4.90 Å². The lowest BCUT2D eigenvalue weighted by molar-refractivity contribution is -0.112. The predicted molar refractivity (Wildman–Crippen MR) is 48.0 cm³/mol. The van der Waals surface area contributed by atoms with Gasteiger partial charge in [-0.25, -0.2) is 0 Å². The van der Waals surface area contributed by atoms with Gasteiger partial charge in [-0.3, -0.25) is 0 Å². The molecule has 2 fully saturated rings. The van der Waals surface area contributed by atoms with Gasteiger partial charge in [0.05, 0.1) is 0 Å². The number of hydrogen-bond donors (Lipinski definition) is 0. The fourth-order valence-electron chi connectivity index (χ4n) is 2.36. The van der Waals surface area contributed by atoms with Gasteiger partial charge in [0, 0.05) is 12.0 Å². The molecule has 2 rings (SSSR count). The summed E-state index contributed by atoms with van der Waals surface area (Å²) in [5.74, 6) is 0.365. The number of carbonyl (C=O) groups is 1. The van der Waals surface area contributed by atoms with E-state index in [1.54, 1.807) is 0 Å². The monoisotopic (exact) mass is 167 g/mol. The van der Waals surface area contributed by atoms with Crippen molar-refractivity contribution < 1.29 is 4.79 Å². The minimum absolute atomic E-state index is 0.365. The summed E-state index contributed by atoms with van der Waals surface area (Å²) in [4.78, 5) is 13.2. The second-order valence-corrected chi connectivity index (χ2v) is 4.11. The van der Waals surface area contributed by atoms with Crippen LogP contribution in [0.1, 0.15) is 32.1 Å². The zero-order chi connectivity index (χ0) is 8.39. The maximum absolute atomic E-state index is 10.6. The third-order valence-electron chi connectivity index (χ3n) is 3.29. The van der Waals surface area contributed by atoms with E-state index in [9.17, 15) is 4.79 Å². The van der Waals surface area contributed by atoms with Crippen molar-refractivity contribution in [2.45, 2.75) is 38.1 Å². The van der Waals surface area contributed by atoms with E-state index in [-0.39, 0.29) is 0 Å². The number of aldehydes is 1. The van der Waals surface area contributed by atoms with Crippen LogP contribution in [0.3, 0.4) is 0 Å². The summed E-state index contributed by atoms with van der Waals surface area (Å²) in [5, 5.41) is 0. The molecule has 12 heavy (non-hydrogen) atoms. The Hall–Kier alpha value is -0.370. The van der Waals surface area contributed by atoms with E-state index < -0.39 is 0 Å². The van der Waals surface area contributed by atoms with Crippen molar-refractivity contribution >= 4 is 6.29 Å². The quantitative estimate of drug-likeness (QED) is 0.580. The lowest BCUT2D eigenvalue weighted by Crippen LogP contribution is -2.47. The minimum atomic E-state index is 0.365. The summed E-state index contributed by atoms with van der Waals surface area (Å²) < 4.78 is 0. The van der Waals surface area contributed by atoms with Crippen LogP contribution in [0.25, 0.3) is 0 Å². The van der Waals surface area contributed by atoms with Crippen molar-refractivity contribution in [2.75, 3.05) is 13.1 Å². The molecular weight excluding hydrogens is 150 g/mol. The summed E-state index contributed by atoms with van der Waals surface area (Å²) >= 11 is 0. The molecular formula is C10H17NO. The van der Waals surface area contributed by atoms with E-state index in [0.29, 0.717) is 5.92 Å². The summed E-state index contributed by atoms with van der Waals surface area (Å²) in [5.41, 5.74) is 0. The van der Waals surface area contributed by atoms with Gasteiger partial charge in [0.15, 0.2) is 0 Å². The first-order chi connectivity index (χ1) is 5.90. The van der Waals surface area contributed by atoms with Crippen molar-refractivity contribution in [3.63, 3.8) is 0 Å². The predicted octanol–water partition coefficient (Wildman–Crippen LogP) is 1.45. The highest BCUT2D eigenvalue weighted by atomic mass is 16.1. The van der Waals surface area contributed by atoms with Crippen LogP contribution in [0.5, 0.6) is 0 Å². The van der Waals surface area contributed by atoms with Crippen LogP contribution in [0.4, 0.5) is 0 Å². The average molecular weight is 167 g/mol. The molecule has 0 bridgehead atoms. The molecule has 0 spiro atoms. The zero-order valence-electron chi connectivity index (χ0n) is 7.54. The Labute approximate surface area is 73.9 Å². The number of rotatable bonds is 2. The van der Waals surface area contributed by atoms with Gasteiger partial charge in [-0.15, -0.1) is 0 Å². The summed E-state index contributed by atoms with van der Waals surface area (Å²) in [6, 6.07) is 0.739. The highest BCUT2D eigenvalue weighted by molar-refractivity contribution is 5.53. The Kier molecular flexibility index (Phi) is 2.45. The fraction of sp³-hybridized carbons (Fsp3) is 0.900. The fourth-order valence-corrected chi connectivity index (χ4v) is 2.36. The third kappa shape index (κ3) is 1.53. The summed E-state index contributed by atoms with van der Waals surface area (Å²) in [6.07, 6.45) is 7.36. The molecule has 1 aliphatic carbocycles.